The number of ether oxygens (including phenoxy) is 2. The SMILES string of the molecule is COc1cc(Cl)c(C2CCNC2)c(O)c1OC. The number of phenolic OH excluding ortho intramolecular Hbond substituents is 1. The van der Waals surface area contributed by atoms with E-state index in [0.29, 0.717) is 16.5 Å². The Labute approximate surface area is 105 Å². The van der Waals surface area contributed by atoms with Crippen LogP contribution in [0.3, 0.4) is 0 Å². The van der Waals surface area contributed by atoms with Crippen LogP contribution in [0.1, 0.15) is 17.9 Å². The molecule has 2 N–H and O–H groups in total. The van der Waals surface area contributed by atoms with Gasteiger partial charge in [-0.1, -0.05) is 11.6 Å². The van der Waals surface area contributed by atoms with Crippen LogP contribution in [0.4, 0.5) is 0 Å². The Kier molecular flexibility index (Phi) is 3.64. The van der Waals surface area contributed by atoms with Gasteiger partial charge in [-0.05, 0) is 13.0 Å². The van der Waals surface area contributed by atoms with Crippen LogP contribution in [-0.4, -0.2) is 32.4 Å². The minimum absolute atomic E-state index is 0.0885. The van der Waals surface area contributed by atoms with Crippen LogP contribution in [0.15, 0.2) is 6.07 Å². The van der Waals surface area contributed by atoms with Crippen LogP contribution in [0.5, 0.6) is 17.2 Å². The summed E-state index contributed by atoms with van der Waals surface area (Å²) in [6.07, 6.45) is 0.961. The third-order valence-electron chi connectivity index (χ3n) is 3.10. The van der Waals surface area contributed by atoms with Crippen molar-refractivity contribution in [3.05, 3.63) is 16.7 Å². The number of hydrogen-bond donors (Lipinski definition) is 2. The van der Waals surface area contributed by atoms with Gasteiger partial charge >= 0.3 is 0 Å². The zero-order valence-electron chi connectivity index (χ0n) is 9.92. The summed E-state index contributed by atoms with van der Waals surface area (Å²) in [6.45, 7) is 1.76. The summed E-state index contributed by atoms with van der Waals surface area (Å²) in [5.41, 5.74) is 0.745. The lowest BCUT2D eigenvalue weighted by atomic mass is 9.96. The number of rotatable bonds is 3. The van der Waals surface area contributed by atoms with Crippen molar-refractivity contribution >= 4 is 11.6 Å². The number of hydrogen-bond acceptors (Lipinski definition) is 4. The summed E-state index contributed by atoms with van der Waals surface area (Å²) in [4.78, 5) is 0. The largest absolute Gasteiger partial charge is 0.504 e. The highest BCUT2D eigenvalue weighted by Gasteiger charge is 2.26. The molecule has 1 aromatic carbocycles. The van der Waals surface area contributed by atoms with Gasteiger partial charge in [0.2, 0.25) is 5.75 Å². The Morgan fingerprint density at radius 2 is 2.18 bits per heavy atom. The highest BCUT2D eigenvalue weighted by molar-refractivity contribution is 6.32. The quantitative estimate of drug-likeness (QED) is 0.871. The van der Waals surface area contributed by atoms with E-state index < -0.39 is 0 Å². The molecule has 0 aliphatic carbocycles. The lowest BCUT2D eigenvalue weighted by molar-refractivity contribution is 0.330. The average Bonchev–Trinajstić information content (AvgIpc) is 2.82. The van der Waals surface area contributed by atoms with Gasteiger partial charge in [0, 0.05) is 24.1 Å². The van der Waals surface area contributed by atoms with Gasteiger partial charge in [0.15, 0.2) is 11.5 Å². The molecule has 0 saturated carbocycles. The highest BCUT2D eigenvalue weighted by atomic mass is 35.5. The minimum atomic E-state index is 0.0885. The zero-order chi connectivity index (χ0) is 12.4. The molecule has 0 bridgehead atoms. The Balaban J connectivity index is 2.51. The molecular weight excluding hydrogens is 242 g/mol. The Morgan fingerprint density at radius 1 is 1.41 bits per heavy atom. The summed E-state index contributed by atoms with van der Waals surface area (Å²) in [7, 11) is 3.02. The van der Waals surface area contributed by atoms with Gasteiger partial charge in [-0.15, -0.1) is 0 Å². The summed E-state index contributed by atoms with van der Waals surface area (Å²) in [5.74, 6) is 1.11. The molecule has 94 valence electrons. The second-order valence-electron chi connectivity index (χ2n) is 4.05. The van der Waals surface area contributed by atoms with E-state index in [9.17, 15) is 5.11 Å². The third-order valence-corrected chi connectivity index (χ3v) is 3.41. The Morgan fingerprint density at radius 3 is 2.71 bits per heavy atom. The van der Waals surface area contributed by atoms with E-state index in [2.05, 4.69) is 5.32 Å². The second-order valence-corrected chi connectivity index (χ2v) is 4.45. The van der Waals surface area contributed by atoms with Crippen LogP contribution < -0.4 is 14.8 Å². The van der Waals surface area contributed by atoms with E-state index in [0.717, 1.165) is 25.1 Å². The summed E-state index contributed by atoms with van der Waals surface area (Å²) in [6, 6.07) is 1.69. The molecule has 0 spiro atoms. The predicted molar refractivity (Wildman–Crippen MR) is 66.4 cm³/mol. The van der Waals surface area contributed by atoms with E-state index in [4.69, 9.17) is 21.1 Å². The van der Waals surface area contributed by atoms with Crippen molar-refractivity contribution in [2.75, 3.05) is 27.3 Å². The normalized spacial score (nSPS) is 19.4. The number of halogens is 1. The summed E-state index contributed by atoms with van der Waals surface area (Å²) >= 11 is 6.20. The van der Waals surface area contributed by atoms with Crippen molar-refractivity contribution in [2.45, 2.75) is 12.3 Å². The molecule has 2 rings (SSSR count). The molecular formula is C12H16ClNO3. The molecule has 1 aromatic rings. The van der Waals surface area contributed by atoms with E-state index >= 15 is 0 Å². The van der Waals surface area contributed by atoms with Gasteiger partial charge in [0.05, 0.1) is 19.2 Å². The van der Waals surface area contributed by atoms with Crippen molar-refractivity contribution < 1.29 is 14.6 Å². The van der Waals surface area contributed by atoms with E-state index in [-0.39, 0.29) is 11.7 Å². The minimum Gasteiger partial charge on any atom is -0.504 e. The van der Waals surface area contributed by atoms with E-state index in [1.165, 1.54) is 14.2 Å². The van der Waals surface area contributed by atoms with Gasteiger partial charge in [-0.25, -0.2) is 0 Å². The first-order valence-corrected chi connectivity index (χ1v) is 5.90. The zero-order valence-corrected chi connectivity index (χ0v) is 10.7. The lowest BCUT2D eigenvalue weighted by Crippen LogP contribution is -2.08. The lowest BCUT2D eigenvalue weighted by Gasteiger charge is -2.18. The van der Waals surface area contributed by atoms with Gasteiger partial charge in [-0.3, -0.25) is 0 Å². The van der Waals surface area contributed by atoms with Gasteiger partial charge in [-0.2, -0.15) is 0 Å². The predicted octanol–water partition coefficient (Wildman–Crippen LogP) is 2.14. The van der Waals surface area contributed by atoms with Crippen molar-refractivity contribution in [1.29, 1.82) is 0 Å². The fourth-order valence-electron chi connectivity index (χ4n) is 2.25. The molecule has 1 aliphatic rings. The number of nitrogens with one attached hydrogen (secondary N) is 1. The summed E-state index contributed by atoms with van der Waals surface area (Å²) in [5, 5.41) is 14.0. The number of phenols is 1. The van der Waals surface area contributed by atoms with E-state index in [1.54, 1.807) is 6.07 Å². The average molecular weight is 258 g/mol. The first kappa shape index (κ1) is 12.3. The Hall–Kier alpha value is -1.13. The smallest absolute Gasteiger partial charge is 0.203 e. The van der Waals surface area contributed by atoms with Gasteiger partial charge in [0.1, 0.15) is 0 Å². The first-order chi connectivity index (χ1) is 8.19. The fraction of sp³-hybridized carbons (Fsp3) is 0.500. The standard InChI is InChI=1S/C12H16ClNO3/c1-16-9-5-8(13)10(7-3-4-14-6-7)11(15)12(9)17-2/h5,7,14-15H,3-4,6H2,1-2H3. The molecule has 1 heterocycles. The molecule has 0 radical (unpaired) electrons. The van der Waals surface area contributed by atoms with Crippen molar-refractivity contribution in [3.63, 3.8) is 0 Å². The topological polar surface area (TPSA) is 50.7 Å². The molecule has 5 heteroatoms. The molecule has 1 unspecified atom stereocenters. The fourth-order valence-corrected chi connectivity index (χ4v) is 2.59. The van der Waals surface area contributed by atoms with Crippen LogP contribution in [0.25, 0.3) is 0 Å². The maximum Gasteiger partial charge on any atom is 0.203 e. The molecule has 1 saturated heterocycles. The monoisotopic (exact) mass is 257 g/mol. The van der Waals surface area contributed by atoms with Crippen LogP contribution in [0.2, 0.25) is 5.02 Å². The Bertz CT molecular complexity index is 417. The number of methoxy groups -OCH3 is 2. The number of aromatic hydroxyl groups is 1. The van der Waals surface area contributed by atoms with Gasteiger partial charge < -0.3 is 19.9 Å². The van der Waals surface area contributed by atoms with Gasteiger partial charge in [0.25, 0.3) is 0 Å². The molecule has 17 heavy (non-hydrogen) atoms. The highest BCUT2D eigenvalue weighted by Crippen LogP contribution is 2.47. The second kappa shape index (κ2) is 5.02. The van der Waals surface area contributed by atoms with Crippen LogP contribution in [0, 0.1) is 0 Å². The van der Waals surface area contributed by atoms with E-state index in [1.807, 2.05) is 0 Å². The molecule has 0 aromatic heterocycles. The molecule has 1 fully saturated rings. The number of benzene rings is 1. The molecule has 0 amide bonds. The van der Waals surface area contributed by atoms with Crippen LogP contribution in [-0.2, 0) is 0 Å². The molecule has 1 atom stereocenters. The first-order valence-electron chi connectivity index (χ1n) is 5.53. The maximum atomic E-state index is 10.2. The van der Waals surface area contributed by atoms with Crippen molar-refractivity contribution in [2.24, 2.45) is 0 Å². The van der Waals surface area contributed by atoms with Crippen molar-refractivity contribution in [3.8, 4) is 17.2 Å². The molecule has 1 aliphatic heterocycles. The third kappa shape index (κ3) is 2.15. The maximum absolute atomic E-state index is 10.2. The van der Waals surface area contributed by atoms with Crippen molar-refractivity contribution in [1.82, 2.24) is 5.32 Å². The summed E-state index contributed by atoms with van der Waals surface area (Å²) < 4.78 is 10.3. The molecule has 4 nitrogen and oxygen atoms in total. The van der Waals surface area contributed by atoms with Crippen LogP contribution >= 0.6 is 11.6 Å².